The van der Waals surface area contributed by atoms with E-state index in [0.717, 1.165) is 44.5 Å². The second-order valence-corrected chi connectivity index (χ2v) is 6.48. The van der Waals surface area contributed by atoms with Gasteiger partial charge in [0.05, 0.1) is 5.56 Å². The van der Waals surface area contributed by atoms with Gasteiger partial charge < -0.3 is 15.5 Å². The molecule has 0 radical (unpaired) electrons. The maximum atomic E-state index is 12.6. The monoisotopic (exact) mass is 335 g/mol. The SMILES string of the molecule is O=C(CCl)Nc1ccc(N2CCCCC2)c(C(=O)NC2CC2)c1. The lowest BCUT2D eigenvalue weighted by atomic mass is 10.1. The van der Waals surface area contributed by atoms with Gasteiger partial charge in [-0.25, -0.2) is 0 Å². The van der Waals surface area contributed by atoms with Crippen LogP contribution in [0.2, 0.25) is 0 Å². The fourth-order valence-corrected chi connectivity index (χ4v) is 2.96. The number of halogens is 1. The smallest absolute Gasteiger partial charge is 0.253 e. The van der Waals surface area contributed by atoms with E-state index in [4.69, 9.17) is 11.6 Å². The third kappa shape index (κ3) is 4.16. The fraction of sp³-hybridized carbons (Fsp3) is 0.529. The van der Waals surface area contributed by atoms with Crippen LogP contribution in [0, 0.1) is 0 Å². The molecular weight excluding hydrogens is 314 g/mol. The minimum absolute atomic E-state index is 0.0601. The molecule has 3 rings (SSSR count). The molecule has 0 bridgehead atoms. The number of carbonyl (C=O) groups excluding carboxylic acids is 2. The van der Waals surface area contributed by atoms with Gasteiger partial charge in [-0.05, 0) is 50.3 Å². The van der Waals surface area contributed by atoms with E-state index in [2.05, 4.69) is 15.5 Å². The number of anilines is 2. The summed E-state index contributed by atoms with van der Waals surface area (Å²) >= 11 is 5.53. The molecule has 1 aromatic rings. The average Bonchev–Trinajstić information content (AvgIpc) is 3.39. The Morgan fingerprint density at radius 3 is 2.57 bits per heavy atom. The van der Waals surface area contributed by atoms with E-state index in [-0.39, 0.29) is 17.7 Å². The van der Waals surface area contributed by atoms with Crippen LogP contribution in [-0.2, 0) is 4.79 Å². The molecule has 1 aliphatic carbocycles. The van der Waals surface area contributed by atoms with E-state index < -0.39 is 0 Å². The number of amides is 2. The van der Waals surface area contributed by atoms with Crippen LogP contribution in [0.15, 0.2) is 18.2 Å². The first-order valence-corrected chi connectivity index (χ1v) is 8.76. The van der Waals surface area contributed by atoms with Crippen LogP contribution in [0.1, 0.15) is 42.5 Å². The molecule has 0 spiro atoms. The summed E-state index contributed by atoms with van der Waals surface area (Å²) in [5, 5.41) is 5.76. The normalized spacial score (nSPS) is 17.7. The molecule has 1 saturated carbocycles. The van der Waals surface area contributed by atoms with Crippen molar-refractivity contribution in [2.45, 2.75) is 38.1 Å². The number of benzene rings is 1. The molecule has 6 heteroatoms. The number of hydrogen-bond acceptors (Lipinski definition) is 3. The lowest BCUT2D eigenvalue weighted by molar-refractivity contribution is -0.113. The van der Waals surface area contributed by atoms with Crippen molar-refractivity contribution < 1.29 is 9.59 Å². The molecule has 0 aromatic heterocycles. The third-order valence-corrected chi connectivity index (χ3v) is 4.50. The Labute approximate surface area is 141 Å². The van der Waals surface area contributed by atoms with E-state index >= 15 is 0 Å². The summed E-state index contributed by atoms with van der Waals surface area (Å²) in [6.07, 6.45) is 5.63. The first-order valence-electron chi connectivity index (χ1n) is 8.23. The molecule has 1 saturated heterocycles. The van der Waals surface area contributed by atoms with Crippen molar-refractivity contribution >= 4 is 34.8 Å². The second kappa shape index (κ2) is 7.21. The molecule has 1 heterocycles. The molecular formula is C17H22ClN3O2. The topological polar surface area (TPSA) is 61.4 Å². The van der Waals surface area contributed by atoms with Gasteiger partial charge in [-0.2, -0.15) is 0 Å². The molecule has 0 atom stereocenters. The van der Waals surface area contributed by atoms with Gasteiger partial charge in [0.25, 0.3) is 5.91 Å². The number of nitrogens with one attached hydrogen (secondary N) is 2. The van der Waals surface area contributed by atoms with Crippen LogP contribution < -0.4 is 15.5 Å². The summed E-state index contributed by atoms with van der Waals surface area (Å²) in [6.45, 7) is 1.94. The molecule has 124 valence electrons. The quantitative estimate of drug-likeness (QED) is 0.813. The summed E-state index contributed by atoms with van der Waals surface area (Å²) in [7, 11) is 0. The average molecular weight is 336 g/mol. The van der Waals surface area contributed by atoms with Crippen LogP contribution in [-0.4, -0.2) is 36.8 Å². The number of nitrogens with zero attached hydrogens (tertiary/aromatic N) is 1. The van der Waals surface area contributed by atoms with Crippen LogP contribution in [0.4, 0.5) is 11.4 Å². The number of carbonyl (C=O) groups is 2. The zero-order valence-electron chi connectivity index (χ0n) is 13.1. The first-order chi connectivity index (χ1) is 11.2. The zero-order chi connectivity index (χ0) is 16.2. The van der Waals surface area contributed by atoms with Crippen LogP contribution in [0.25, 0.3) is 0 Å². The predicted molar refractivity (Wildman–Crippen MR) is 92.3 cm³/mol. The molecule has 1 aromatic carbocycles. The van der Waals surface area contributed by atoms with Gasteiger partial charge in [-0.15, -0.1) is 11.6 Å². The molecule has 2 fully saturated rings. The highest BCUT2D eigenvalue weighted by Crippen LogP contribution is 2.28. The molecule has 2 amide bonds. The molecule has 2 aliphatic rings. The highest BCUT2D eigenvalue weighted by atomic mass is 35.5. The number of rotatable bonds is 5. The first kappa shape index (κ1) is 16.1. The molecule has 0 unspecified atom stereocenters. The van der Waals surface area contributed by atoms with Gasteiger partial charge in [0.2, 0.25) is 5.91 Å². The van der Waals surface area contributed by atoms with Crippen molar-refractivity contribution in [3.63, 3.8) is 0 Å². The lowest BCUT2D eigenvalue weighted by Crippen LogP contribution is -2.33. The van der Waals surface area contributed by atoms with E-state index in [1.54, 1.807) is 6.07 Å². The summed E-state index contributed by atoms with van der Waals surface area (Å²) in [5.74, 6) is -0.432. The van der Waals surface area contributed by atoms with Crippen molar-refractivity contribution in [2.75, 3.05) is 29.2 Å². The highest BCUT2D eigenvalue weighted by Gasteiger charge is 2.26. The van der Waals surface area contributed by atoms with Crippen molar-refractivity contribution in [1.82, 2.24) is 5.32 Å². The maximum Gasteiger partial charge on any atom is 0.253 e. The lowest BCUT2D eigenvalue weighted by Gasteiger charge is -2.30. The molecule has 2 N–H and O–H groups in total. The van der Waals surface area contributed by atoms with Crippen LogP contribution in [0.3, 0.4) is 0 Å². The predicted octanol–water partition coefficient (Wildman–Crippen LogP) is 2.75. The van der Waals surface area contributed by atoms with E-state index in [0.29, 0.717) is 17.3 Å². The highest BCUT2D eigenvalue weighted by molar-refractivity contribution is 6.29. The summed E-state index contributed by atoms with van der Waals surface area (Å²) < 4.78 is 0. The number of piperidine rings is 1. The standard InChI is InChI=1S/C17H22ClN3O2/c18-11-16(22)19-13-6-7-15(21-8-2-1-3-9-21)14(10-13)17(23)20-12-4-5-12/h6-7,10,12H,1-5,8-9,11H2,(H,19,22)(H,20,23). The number of alkyl halides is 1. The minimum atomic E-state index is -0.272. The van der Waals surface area contributed by atoms with Gasteiger partial charge in [0.15, 0.2) is 0 Å². The van der Waals surface area contributed by atoms with Crippen molar-refractivity contribution in [2.24, 2.45) is 0 Å². The van der Waals surface area contributed by atoms with Crippen molar-refractivity contribution in [3.05, 3.63) is 23.8 Å². The Morgan fingerprint density at radius 1 is 1.17 bits per heavy atom. The zero-order valence-corrected chi connectivity index (χ0v) is 13.9. The second-order valence-electron chi connectivity index (χ2n) is 6.21. The van der Waals surface area contributed by atoms with Crippen molar-refractivity contribution in [1.29, 1.82) is 0 Å². The van der Waals surface area contributed by atoms with Gasteiger partial charge >= 0.3 is 0 Å². The Bertz CT molecular complexity index is 596. The molecule has 5 nitrogen and oxygen atoms in total. The summed E-state index contributed by atoms with van der Waals surface area (Å²) in [4.78, 5) is 26.3. The van der Waals surface area contributed by atoms with E-state index in [1.165, 1.54) is 6.42 Å². The summed E-state index contributed by atoms with van der Waals surface area (Å²) in [6, 6.07) is 5.82. The van der Waals surface area contributed by atoms with Gasteiger partial charge in [0.1, 0.15) is 5.88 Å². The molecule has 1 aliphatic heterocycles. The Hall–Kier alpha value is -1.75. The Kier molecular flexibility index (Phi) is 5.06. The van der Waals surface area contributed by atoms with E-state index in [1.807, 2.05) is 12.1 Å². The summed E-state index contributed by atoms with van der Waals surface area (Å²) in [5.41, 5.74) is 2.19. The minimum Gasteiger partial charge on any atom is -0.371 e. The largest absolute Gasteiger partial charge is 0.371 e. The van der Waals surface area contributed by atoms with Crippen LogP contribution >= 0.6 is 11.6 Å². The van der Waals surface area contributed by atoms with E-state index in [9.17, 15) is 9.59 Å². The van der Waals surface area contributed by atoms with Gasteiger partial charge in [-0.1, -0.05) is 0 Å². The van der Waals surface area contributed by atoms with Crippen LogP contribution in [0.5, 0.6) is 0 Å². The Balaban J connectivity index is 1.86. The van der Waals surface area contributed by atoms with Gasteiger partial charge in [0, 0.05) is 30.5 Å². The fourth-order valence-electron chi connectivity index (χ4n) is 2.89. The maximum absolute atomic E-state index is 12.6. The third-order valence-electron chi connectivity index (χ3n) is 4.26. The number of hydrogen-bond donors (Lipinski definition) is 2. The van der Waals surface area contributed by atoms with Crippen molar-refractivity contribution in [3.8, 4) is 0 Å². The Morgan fingerprint density at radius 2 is 1.91 bits per heavy atom. The molecule has 23 heavy (non-hydrogen) atoms. The van der Waals surface area contributed by atoms with Gasteiger partial charge in [-0.3, -0.25) is 9.59 Å².